The summed E-state index contributed by atoms with van der Waals surface area (Å²) in [7, 11) is 0. The second-order valence-electron chi connectivity index (χ2n) is 8.30. The number of halogens is 3. The Morgan fingerprint density at radius 3 is 2.25 bits per heavy atom. The molecule has 0 unspecified atom stereocenters. The van der Waals surface area contributed by atoms with Gasteiger partial charge >= 0.3 is 6.18 Å². The van der Waals surface area contributed by atoms with E-state index >= 15 is 0 Å². The normalized spacial score (nSPS) is 13.4. The molecule has 36 heavy (non-hydrogen) atoms. The Hall–Kier alpha value is -4.47. The molecule has 5 rings (SSSR count). The molecule has 1 N–H and O–H groups in total. The van der Waals surface area contributed by atoms with Crippen molar-refractivity contribution in [1.82, 2.24) is 14.7 Å². The number of carbonyl (C=O) groups excluding carboxylic acids is 3. The predicted molar refractivity (Wildman–Crippen MR) is 126 cm³/mol. The molecule has 4 aromatic rings. The minimum Gasteiger partial charge on any atom is -0.326 e. The van der Waals surface area contributed by atoms with Gasteiger partial charge in [0.2, 0.25) is 5.91 Å². The Kier molecular flexibility index (Phi) is 5.79. The summed E-state index contributed by atoms with van der Waals surface area (Å²) in [5.41, 5.74) is -0.384. The van der Waals surface area contributed by atoms with Gasteiger partial charge in [0, 0.05) is 41.9 Å². The molecule has 7 nitrogen and oxygen atoms in total. The van der Waals surface area contributed by atoms with Crippen molar-refractivity contribution >= 4 is 34.2 Å². The lowest BCUT2D eigenvalue weighted by Crippen LogP contribution is -2.41. The maximum atomic E-state index is 13.7. The number of nitrogens with zero attached hydrogens (tertiary/aromatic N) is 3. The maximum absolute atomic E-state index is 13.7. The fourth-order valence-electron chi connectivity index (χ4n) is 4.33. The maximum Gasteiger partial charge on any atom is 0.418 e. The number of rotatable bonds is 6. The first kappa shape index (κ1) is 23.3. The van der Waals surface area contributed by atoms with E-state index in [1.807, 2.05) is 12.1 Å². The number of imide groups is 1. The molecule has 0 saturated carbocycles. The number of hydrogen-bond acceptors (Lipinski definition) is 4. The summed E-state index contributed by atoms with van der Waals surface area (Å²) in [5, 5.41) is 7.61. The standard InChI is InChI=1S/C26H19F3N4O3/c27-26(28,29)20-15-17(33-14-4-12-30-33)10-11-21(20)31-22(34)9-3-13-32-24(35)18-7-1-5-16-6-2-8-19(23(16)18)25(32)36/h1-2,4-8,10-12,14-15H,3,9,13H2,(H,31,34). The van der Waals surface area contributed by atoms with Crippen molar-refractivity contribution < 1.29 is 27.6 Å². The number of benzene rings is 3. The first-order chi connectivity index (χ1) is 17.2. The smallest absolute Gasteiger partial charge is 0.326 e. The van der Waals surface area contributed by atoms with Crippen LogP contribution in [0.2, 0.25) is 0 Å². The third-order valence-electron chi connectivity index (χ3n) is 5.99. The Morgan fingerprint density at radius 1 is 0.944 bits per heavy atom. The number of carbonyl (C=O) groups is 3. The third kappa shape index (κ3) is 4.21. The second kappa shape index (κ2) is 8.95. The number of hydrogen-bond donors (Lipinski definition) is 1. The van der Waals surface area contributed by atoms with E-state index in [1.165, 1.54) is 29.2 Å². The van der Waals surface area contributed by atoms with Crippen LogP contribution in [0.1, 0.15) is 39.1 Å². The molecule has 182 valence electrons. The zero-order valence-electron chi connectivity index (χ0n) is 18.7. The number of anilines is 1. The van der Waals surface area contributed by atoms with Crippen molar-refractivity contribution in [3.8, 4) is 5.69 Å². The summed E-state index contributed by atoms with van der Waals surface area (Å²) in [4.78, 5) is 39.4. The Labute approximate surface area is 203 Å². The van der Waals surface area contributed by atoms with Crippen molar-refractivity contribution in [1.29, 1.82) is 0 Å². The van der Waals surface area contributed by atoms with Gasteiger partial charge in [0.15, 0.2) is 0 Å². The van der Waals surface area contributed by atoms with Gasteiger partial charge < -0.3 is 5.32 Å². The largest absolute Gasteiger partial charge is 0.418 e. The van der Waals surface area contributed by atoms with Crippen molar-refractivity contribution in [2.24, 2.45) is 0 Å². The molecule has 0 spiro atoms. The van der Waals surface area contributed by atoms with Gasteiger partial charge in [-0.25, -0.2) is 4.68 Å². The Balaban J connectivity index is 1.27. The highest BCUT2D eigenvalue weighted by Gasteiger charge is 2.35. The Bertz CT molecular complexity index is 1450. The van der Waals surface area contributed by atoms with Gasteiger partial charge in [-0.15, -0.1) is 0 Å². The van der Waals surface area contributed by atoms with Crippen LogP contribution in [0, 0.1) is 0 Å². The summed E-state index contributed by atoms with van der Waals surface area (Å²) in [6, 6.07) is 15.5. The number of nitrogens with one attached hydrogen (secondary N) is 1. The highest BCUT2D eigenvalue weighted by molar-refractivity contribution is 6.25. The molecule has 10 heteroatoms. The van der Waals surface area contributed by atoms with Gasteiger partial charge in [-0.05, 0) is 48.2 Å². The quantitative estimate of drug-likeness (QED) is 0.382. The summed E-state index contributed by atoms with van der Waals surface area (Å²) in [5.74, 6) is -1.58. The molecule has 1 aromatic heterocycles. The van der Waals surface area contributed by atoms with Crippen LogP contribution < -0.4 is 5.32 Å². The predicted octanol–water partition coefficient (Wildman–Crippen LogP) is 5.06. The lowest BCUT2D eigenvalue weighted by molar-refractivity contribution is -0.137. The monoisotopic (exact) mass is 492 g/mol. The summed E-state index contributed by atoms with van der Waals surface area (Å²) >= 11 is 0. The highest BCUT2D eigenvalue weighted by Crippen LogP contribution is 2.36. The average molecular weight is 492 g/mol. The van der Waals surface area contributed by atoms with Crippen LogP contribution in [-0.2, 0) is 11.0 Å². The lowest BCUT2D eigenvalue weighted by atomic mass is 9.94. The van der Waals surface area contributed by atoms with Gasteiger partial charge in [-0.3, -0.25) is 19.3 Å². The first-order valence-corrected chi connectivity index (χ1v) is 11.1. The van der Waals surface area contributed by atoms with E-state index in [1.54, 1.807) is 30.3 Å². The number of amides is 3. The fraction of sp³-hybridized carbons (Fsp3) is 0.154. The van der Waals surface area contributed by atoms with E-state index in [0.29, 0.717) is 16.5 Å². The van der Waals surface area contributed by atoms with E-state index in [9.17, 15) is 27.6 Å². The van der Waals surface area contributed by atoms with Crippen LogP contribution in [-0.4, -0.2) is 38.9 Å². The van der Waals surface area contributed by atoms with E-state index in [2.05, 4.69) is 10.4 Å². The lowest BCUT2D eigenvalue weighted by Gasteiger charge is -2.27. The first-order valence-electron chi connectivity index (χ1n) is 11.1. The van der Waals surface area contributed by atoms with Crippen molar-refractivity contribution in [3.05, 3.63) is 89.7 Å². The topological polar surface area (TPSA) is 84.3 Å². The molecule has 0 bridgehead atoms. The van der Waals surface area contributed by atoms with Crippen LogP contribution in [0.3, 0.4) is 0 Å². The third-order valence-corrected chi connectivity index (χ3v) is 5.99. The fourth-order valence-corrected chi connectivity index (χ4v) is 4.33. The van der Waals surface area contributed by atoms with Gasteiger partial charge in [-0.2, -0.15) is 18.3 Å². The average Bonchev–Trinajstić information content (AvgIpc) is 3.39. The molecule has 0 radical (unpaired) electrons. The van der Waals surface area contributed by atoms with Crippen molar-refractivity contribution in [2.45, 2.75) is 19.0 Å². The van der Waals surface area contributed by atoms with E-state index in [-0.39, 0.29) is 30.8 Å². The molecule has 1 aliphatic heterocycles. The van der Waals surface area contributed by atoms with Gasteiger partial charge in [0.05, 0.1) is 16.9 Å². The van der Waals surface area contributed by atoms with Gasteiger partial charge in [0.25, 0.3) is 11.8 Å². The van der Waals surface area contributed by atoms with Gasteiger partial charge in [0.1, 0.15) is 0 Å². The molecule has 1 aliphatic rings. The minimum absolute atomic E-state index is 0.0415. The molecular weight excluding hydrogens is 473 g/mol. The molecule has 0 atom stereocenters. The molecule has 2 heterocycles. The highest BCUT2D eigenvalue weighted by atomic mass is 19.4. The molecule has 3 amide bonds. The molecule has 0 aliphatic carbocycles. The molecule has 0 saturated heterocycles. The molecule has 3 aromatic carbocycles. The number of alkyl halides is 3. The van der Waals surface area contributed by atoms with Crippen molar-refractivity contribution in [3.63, 3.8) is 0 Å². The van der Waals surface area contributed by atoms with Crippen molar-refractivity contribution in [2.75, 3.05) is 11.9 Å². The minimum atomic E-state index is -4.70. The summed E-state index contributed by atoms with van der Waals surface area (Å²) < 4.78 is 42.2. The van der Waals surface area contributed by atoms with Crippen LogP contribution in [0.15, 0.2) is 73.1 Å². The second-order valence-corrected chi connectivity index (χ2v) is 8.30. The van der Waals surface area contributed by atoms with Gasteiger partial charge in [-0.1, -0.05) is 24.3 Å². The Morgan fingerprint density at radius 2 is 1.64 bits per heavy atom. The summed E-state index contributed by atoms with van der Waals surface area (Å²) in [6.45, 7) is -0.0415. The number of aromatic nitrogens is 2. The van der Waals surface area contributed by atoms with E-state index in [4.69, 9.17) is 0 Å². The zero-order valence-corrected chi connectivity index (χ0v) is 18.7. The van der Waals surface area contributed by atoms with E-state index in [0.717, 1.165) is 16.4 Å². The molecule has 0 fully saturated rings. The molecular formula is C26H19F3N4O3. The summed E-state index contributed by atoms with van der Waals surface area (Å²) in [6.07, 6.45) is -1.84. The SMILES string of the molecule is O=C(CCCN1C(=O)c2cccc3cccc(c23)C1=O)Nc1ccc(-n2cccn2)cc1C(F)(F)F. The van der Waals surface area contributed by atoms with Crippen LogP contribution in [0.4, 0.5) is 18.9 Å². The van der Waals surface area contributed by atoms with E-state index < -0.39 is 29.5 Å². The van der Waals surface area contributed by atoms with Crippen LogP contribution in [0.5, 0.6) is 0 Å². The zero-order chi connectivity index (χ0) is 25.4. The van der Waals surface area contributed by atoms with Crippen LogP contribution in [0.25, 0.3) is 16.5 Å². The van der Waals surface area contributed by atoms with Crippen LogP contribution >= 0.6 is 0 Å².